The Bertz CT molecular complexity index is 568. The first-order valence-electron chi connectivity index (χ1n) is 5.92. The SMILES string of the molecule is NNc1ccc(C(=O)N2CCS(=O)CC2)cc1[N+](=O)[O-]. The Labute approximate surface area is 117 Å². The average molecular weight is 298 g/mol. The second kappa shape index (κ2) is 5.97. The highest BCUT2D eigenvalue weighted by atomic mass is 32.2. The van der Waals surface area contributed by atoms with Crippen LogP contribution in [0, 0.1) is 10.1 Å². The summed E-state index contributed by atoms with van der Waals surface area (Å²) in [6.45, 7) is 0.798. The molecule has 0 atom stereocenters. The molecule has 1 amide bonds. The number of carbonyl (C=O) groups is 1. The van der Waals surface area contributed by atoms with Crippen LogP contribution in [0.25, 0.3) is 0 Å². The molecule has 9 heteroatoms. The number of hydrogen-bond donors (Lipinski definition) is 2. The smallest absolute Gasteiger partial charge is 0.294 e. The maximum absolute atomic E-state index is 12.2. The summed E-state index contributed by atoms with van der Waals surface area (Å²) in [7, 11) is -0.879. The van der Waals surface area contributed by atoms with Crippen LogP contribution in [0.1, 0.15) is 10.4 Å². The van der Waals surface area contributed by atoms with Gasteiger partial charge in [-0.1, -0.05) is 0 Å². The monoisotopic (exact) mass is 298 g/mol. The van der Waals surface area contributed by atoms with Crippen molar-refractivity contribution in [2.75, 3.05) is 30.0 Å². The molecule has 108 valence electrons. The van der Waals surface area contributed by atoms with Gasteiger partial charge in [-0.2, -0.15) is 0 Å². The van der Waals surface area contributed by atoms with E-state index < -0.39 is 15.7 Å². The number of nitrogen functional groups attached to an aromatic ring is 1. The Hall–Kier alpha value is -2.00. The Balaban J connectivity index is 2.24. The lowest BCUT2D eigenvalue weighted by Crippen LogP contribution is -2.41. The molecule has 1 aromatic carbocycles. The van der Waals surface area contributed by atoms with Crippen LogP contribution >= 0.6 is 0 Å². The first kappa shape index (κ1) is 14.4. The topological polar surface area (TPSA) is 119 Å². The first-order valence-corrected chi connectivity index (χ1v) is 7.41. The predicted molar refractivity (Wildman–Crippen MR) is 74.7 cm³/mol. The van der Waals surface area contributed by atoms with Crippen molar-refractivity contribution in [3.63, 3.8) is 0 Å². The zero-order valence-corrected chi connectivity index (χ0v) is 11.4. The molecular formula is C11H14N4O4S. The summed E-state index contributed by atoms with van der Waals surface area (Å²) in [5.41, 5.74) is 2.34. The highest BCUT2D eigenvalue weighted by molar-refractivity contribution is 7.85. The highest BCUT2D eigenvalue weighted by Crippen LogP contribution is 2.25. The van der Waals surface area contributed by atoms with Crippen molar-refractivity contribution >= 4 is 28.1 Å². The van der Waals surface area contributed by atoms with Crippen molar-refractivity contribution in [1.82, 2.24) is 4.90 Å². The van der Waals surface area contributed by atoms with Crippen LogP contribution < -0.4 is 11.3 Å². The summed E-state index contributed by atoms with van der Waals surface area (Å²) >= 11 is 0. The van der Waals surface area contributed by atoms with Crippen molar-refractivity contribution in [2.24, 2.45) is 5.84 Å². The number of nitrogens with one attached hydrogen (secondary N) is 1. The first-order chi connectivity index (χ1) is 9.52. The van der Waals surface area contributed by atoms with Gasteiger partial charge in [-0.3, -0.25) is 25.0 Å². The molecule has 1 saturated heterocycles. The fourth-order valence-electron chi connectivity index (χ4n) is 1.96. The minimum Gasteiger partial charge on any atom is -0.337 e. The van der Waals surface area contributed by atoms with Crippen LogP contribution in [0.5, 0.6) is 0 Å². The Kier molecular flexibility index (Phi) is 4.30. The Morgan fingerprint density at radius 2 is 2.05 bits per heavy atom. The van der Waals surface area contributed by atoms with Crippen LogP contribution in [0.4, 0.5) is 11.4 Å². The summed E-state index contributed by atoms with van der Waals surface area (Å²) in [6, 6.07) is 4.08. The zero-order valence-electron chi connectivity index (χ0n) is 10.6. The fourth-order valence-corrected chi connectivity index (χ4v) is 3.01. The van der Waals surface area contributed by atoms with Crippen LogP contribution in [0.3, 0.4) is 0 Å². The standard InChI is InChI=1S/C11H14N4O4S/c12-13-9-2-1-8(7-10(9)15(17)18)11(16)14-3-5-20(19)6-4-14/h1-2,7,13H,3-6,12H2. The van der Waals surface area contributed by atoms with Gasteiger partial charge in [-0.15, -0.1) is 0 Å². The van der Waals surface area contributed by atoms with Crippen molar-refractivity contribution in [3.8, 4) is 0 Å². The van der Waals surface area contributed by atoms with Gasteiger partial charge in [0, 0.05) is 47.0 Å². The molecule has 1 heterocycles. The molecule has 0 aliphatic carbocycles. The third kappa shape index (κ3) is 2.94. The maximum Gasteiger partial charge on any atom is 0.294 e. The number of anilines is 1. The molecule has 0 radical (unpaired) electrons. The zero-order chi connectivity index (χ0) is 14.7. The predicted octanol–water partition coefficient (Wildman–Crippen LogP) is 0.0849. The average Bonchev–Trinajstić information content (AvgIpc) is 2.46. The number of amides is 1. The Morgan fingerprint density at radius 3 is 2.60 bits per heavy atom. The number of nitrogens with two attached hydrogens (primary N) is 1. The number of nitro groups is 1. The van der Waals surface area contributed by atoms with Crippen molar-refractivity contribution in [3.05, 3.63) is 33.9 Å². The maximum atomic E-state index is 12.2. The Morgan fingerprint density at radius 1 is 1.40 bits per heavy atom. The summed E-state index contributed by atoms with van der Waals surface area (Å²) < 4.78 is 11.3. The van der Waals surface area contributed by atoms with Gasteiger partial charge >= 0.3 is 0 Å². The van der Waals surface area contributed by atoms with Gasteiger partial charge in [0.15, 0.2) is 0 Å². The van der Waals surface area contributed by atoms with Crippen molar-refractivity contribution in [2.45, 2.75) is 0 Å². The van der Waals surface area contributed by atoms with Gasteiger partial charge in [-0.25, -0.2) is 0 Å². The quantitative estimate of drug-likeness (QED) is 0.463. The number of nitrogens with zero attached hydrogens (tertiary/aromatic N) is 2. The van der Waals surface area contributed by atoms with Gasteiger partial charge in [0.1, 0.15) is 5.69 Å². The molecule has 0 aromatic heterocycles. The van der Waals surface area contributed by atoms with Gasteiger partial charge in [-0.05, 0) is 12.1 Å². The van der Waals surface area contributed by atoms with E-state index in [9.17, 15) is 19.1 Å². The number of hydrazine groups is 1. The third-order valence-electron chi connectivity index (χ3n) is 3.06. The molecule has 20 heavy (non-hydrogen) atoms. The fraction of sp³-hybridized carbons (Fsp3) is 0.364. The van der Waals surface area contributed by atoms with Gasteiger partial charge in [0.25, 0.3) is 11.6 Å². The molecule has 0 saturated carbocycles. The largest absolute Gasteiger partial charge is 0.337 e. The molecule has 0 spiro atoms. The summed E-state index contributed by atoms with van der Waals surface area (Å²) in [4.78, 5) is 24.1. The van der Waals surface area contributed by atoms with E-state index in [4.69, 9.17) is 5.84 Å². The van der Waals surface area contributed by atoms with Crippen LogP contribution in [0.15, 0.2) is 18.2 Å². The van der Waals surface area contributed by atoms with E-state index in [2.05, 4.69) is 5.43 Å². The summed E-state index contributed by atoms with van der Waals surface area (Å²) in [5.74, 6) is 5.77. The van der Waals surface area contributed by atoms with Gasteiger partial charge in [0.05, 0.1) is 4.92 Å². The molecule has 3 N–H and O–H groups in total. The highest BCUT2D eigenvalue weighted by Gasteiger charge is 2.23. The minimum absolute atomic E-state index is 0.145. The van der Waals surface area contributed by atoms with Crippen LogP contribution in [-0.4, -0.2) is 44.5 Å². The minimum atomic E-state index is -0.879. The second-order valence-corrected chi connectivity index (χ2v) is 5.97. The molecule has 0 unspecified atom stereocenters. The van der Waals surface area contributed by atoms with E-state index >= 15 is 0 Å². The molecule has 1 aliphatic rings. The second-order valence-electron chi connectivity index (χ2n) is 4.27. The molecule has 1 aromatic rings. The number of carbonyl (C=O) groups excluding carboxylic acids is 1. The molecule has 8 nitrogen and oxygen atoms in total. The number of rotatable bonds is 3. The van der Waals surface area contributed by atoms with Crippen LogP contribution in [0.2, 0.25) is 0 Å². The molecule has 1 fully saturated rings. The van der Waals surface area contributed by atoms with Crippen molar-refractivity contribution in [1.29, 1.82) is 0 Å². The molecular weight excluding hydrogens is 284 g/mol. The van der Waals surface area contributed by atoms with Gasteiger partial charge in [0.2, 0.25) is 0 Å². The molecule has 1 aliphatic heterocycles. The normalized spacial score (nSPS) is 15.9. The van der Waals surface area contributed by atoms with E-state index in [1.54, 1.807) is 4.90 Å². The van der Waals surface area contributed by atoms with E-state index in [1.807, 2.05) is 0 Å². The van der Waals surface area contributed by atoms with Gasteiger partial charge < -0.3 is 10.3 Å². The summed E-state index contributed by atoms with van der Waals surface area (Å²) in [6.07, 6.45) is 0. The number of hydrogen-bond acceptors (Lipinski definition) is 6. The number of nitro benzene ring substituents is 1. The molecule has 2 rings (SSSR count). The number of benzene rings is 1. The van der Waals surface area contributed by atoms with E-state index in [0.29, 0.717) is 24.6 Å². The lowest BCUT2D eigenvalue weighted by molar-refractivity contribution is -0.384. The van der Waals surface area contributed by atoms with E-state index in [-0.39, 0.29) is 22.8 Å². The molecule has 0 bridgehead atoms. The summed E-state index contributed by atoms with van der Waals surface area (Å²) in [5, 5.41) is 10.9. The third-order valence-corrected chi connectivity index (χ3v) is 4.34. The van der Waals surface area contributed by atoms with Crippen LogP contribution in [-0.2, 0) is 10.8 Å². The lowest BCUT2D eigenvalue weighted by Gasteiger charge is -2.26. The van der Waals surface area contributed by atoms with E-state index in [0.717, 1.165) is 0 Å². The van der Waals surface area contributed by atoms with E-state index in [1.165, 1.54) is 18.2 Å². The van der Waals surface area contributed by atoms with Crippen molar-refractivity contribution < 1.29 is 13.9 Å². The lowest BCUT2D eigenvalue weighted by atomic mass is 10.1.